The molecule has 0 saturated carbocycles. The van der Waals surface area contributed by atoms with Crippen molar-refractivity contribution in [2.75, 3.05) is 32.2 Å². The molecule has 0 spiro atoms. The van der Waals surface area contributed by atoms with E-state index in [2.05, 4.69) is 6.07 Å². The molecule has 0 atom stereocenters. The molecule has 0 aromatic heterocycles. The first-order valence-electron chi connectivity index (χ1n) is 9.88. The zero-order chi connectivity index (χ0) is 22.0. The minimum absolute atomic E-state index is 0.0848. The summed E-state index contributed by atoms with van der Waals surface area (Å²) in [4.78, 5) is 28.8. The van der Waals surface area contributed by atoms with Gasteiger partial charge in [-0.3, -0.25) is 14.5 Å². The number of rotatable bonds is 5. The Morgan fingerprint density at radius 2 is 2.03 bits per heavy atom. The second kappa shape index (κ2) is 9.11. The molecule has 6 nitrogen and oxygen atoms in total. The van der Waals surface area contributed by atoms with E-state index in [1.807, 2.05) is 24.3 Å². The van der Waals surface area contributed by atoms with Crippen molar-refractivity contribution in [1.29, 1.82) is 0 Å². The van der Waals surface area contributed by atoms with Gasteiger partial charge in [-0.2, -0.15) is 0 Å². The fourth-order valence-electron chi connectivity index (χ4n) is 3.60. The Labute approximate surface area is 190 Å². The fourth-order valence-corrected chi connectivity index (χ4v) is 4.78. The highest BCUT2D eigenvalue weighted by molar-refractivity contribution is 8.26. The molecule has 1 fully saturated rings. The van der Waals surface area contributed by atoms with Crippen LogP contribution in [0.5, 0.6) is 11.5 Å². The van der Waals surface area contributed by atoms with Crippen molar-refractivity contribution in [3.05, 3.63) is 58.5 Å². The number of ether oxygens (including phenoxy) is 2. The van der Waals surface area contributed by atoms with Crippen LogP contribution in [-0.2, 0) is 16.0 Å². The van der Waals surface area contributed by atoms with Crippen molar-refractivity contribution >= 4 is 51.9 Å². The van der Waals surface area contributed by atoms with Crippen LogP contribution < -0.4 is 14.4 Å². The van der Waals surface area contributed by atoms with Crippen LogP contribution >= 0.6 is 24.0 Å². The van der Waals surface area contributed by atoms with E-state index in [0.29, 0.717) is 27.3 Å². The van der Waals surface area contributed by atoms with E-state index in [1.54, 1.807) is 37.3 Å². The monoisotopic (exact) mass is 454 g/mol. The maximum absolute atomic E-state index is 12.8. The number of carbonyl (C=O) groups is 2. The molecule has 0 radical (unpaired) electrons. The normalized spacial score (nSPS) is 17.2. The fraction of sp³-hybridized carbons (Fsp3) is 0.261. The van der Waals surface area contributed by atoms with E-state index in [-0.39, 0.29) is 18.4 Å². The Morgan fingerprint density at radius 1 is 1.23 bits per heavy atom. The lowest BCUT2D eigenvalue weighted by Gasteiger charge is -2.29. The van der Waals surface area contributed by atoms with Crippen LogP contribution in [0, 0.1) is 0 Å². The van der Waals surface area contributed by atoms with Crippen molar-refractivity contribution < 1.29 is 19.1 Å². The summed E-state index contributed by atoms with van der Waals surface area (Å²) >= 11 is 6.43. The lowest BCUT2D eigenvalue weighted by atomic mass is 10.0. The molecule has 2 aromatic carbocycles. The van der Waals surface area contributed by atoms with E-state index in [9.17, 15) is 9.59 Å². The van der Waals surface area contributed by atoms with Gasteiger partial charge in [0.15, 0.2) is 18.1 Å². The number of carbonyl (C=O) groups excluding carboxylic acids is 2. The van der Waals surface area contributed by atoms with Crippen molar-refractivity contribution in [2.24, 2.45) is 0 Å². The smallest absolute Gasteiger partial charge is 0.265 e. The Morgan fingerprint density at radius 3 is 2.77 bits per heavy atom. The highest BCUT2D eigenvalue weighted by Gasteiger charge is 2.28. The molecule has 4 rings (SSSR count). The maximum Gasteiger partial charge on any atom is 0.265 e. The number of amides is 2. The molecule has 1 saturated heterocycles. The van der Waals surface area contributed by atoms with E-state index in [1.165, 1.54) is 22.2 Å². The second-order valence-corrected chi connectivity index (χ2v) is 8.89. The predicted octanol–water partition coefficient (Wildman–Crippen LogP) is 3.88. The predicted molar refractivity (Wildman–Crippen MR) is 127 cm³/mol. The maximum atomic E-state index is 12.8. The first kappa shape index (κ1) is 21.4. The number of methoxy groups -OCH3 is 1. The van der Waals surface area contributed by atoms with Gasteiger partial charge in [0.25, 0.3) is 11.8 Å². The van der Waals surface area contributed by atoms with Gasteiger partial charge in [-0.1, -0.05) is 48.2 Å². The Balaban J connectivity index is 1.47. The van der Waals surface area contributed by atoms with Gasteiger partial charge < -0.3 is 14.4 Å². The highest BCUT2D eigenvalue weighted by atomic mass is 32.2. The van der Waals surface area contributed by atoms with E-state index in [4.69, 9.17) is 21.7 Å². The molecular formula is C23H22N2O4S2. The second-order valence-electron chi connectivity index (χ2n) is 7.22. The van der Waals surface area contributed by atoms with Crippen molar-refractivity contribution in [1.82, 2.24) is 4.90 Å². The number of thioether (sulfide) groups is 1. The molecule has 8 heteroatoms. The minimum Gasteiger partial charge on any atom is -0.493 e. The summed E-state index contributed by atoms with van der Waals surface area (Å²) in [5.74, 6) is 0.750. The summed E-state index contributed by atoms with van der Waals surface area (Å²) < 4.78 is 11.8. The van der Waals surface area contributed by atoms with Crippen LogP contribution in [0.2, 0.25) is 0 Å². The molecule has 31 heavy (non-hydrogen) atoms. The van der Waals surface area contributed by atoms with Gasteiger partial charge in [0.1, 0.15) is 4.32 Å². The van der Waals surface area contributed by atoms with Gasteiger partial charge in [0, 0.05) is 19.3 Å². The number of hydrogen-bond acceptors (Lipinski definition) is 6. The van der Waals surface area contributed by atoms with Crippen LogP contribution in [0.4, 0.5) is 5.69 Å². The number of hydrogen-bond donors (Lipinski definition) is 0. The lowest BCUT2D eigenvalue weighted by Crippen LogP contribution is -2.38. The summed E-state index contributed by atoms with van der Waals surface area (Å²) in [6.45, 7) is 0.601. The van der Waals surface area contributed by atoms with Crippen molar-refractivity contribution in [3.63, 3.8) is 0 Å². The molecule has 2 aliphatic heterocycles. The van der Waals surface area contributed by atoms with Crippen LogP contribution in [0.1, 0.15) is 17.5 Å². The van der Waals surface area contributed by atoms with E-state index >= 15 is 0 Å². The van der Waals surface area contributed by atoms with Gasteiger partial charge in [-0.15, -0.1) is 0 Å². The molecule has 2 heterocycles. The lowest BCUT2D eigenvalue weighted by molar-refractivity contribution is -0.121. The first-order chi connectivity index (χ1) is 15.0. The average Bonchev–Trinajstić information content (AvgIpc) is 3.03. The number of fused-ring (bicyclic) bond motifs is 1. The number of nitrogens with zero attached hydrogens (tertiary/aromatic N) is 2. The molecule has 2 aliphatic rings. The van der Waals surface area contributed by atoms with Gasteiger partial charge in [0.2, 0.25) is 0 Å². The number of thiocarbonyl (C=S) groups is 1. The number of aryl methyl sites for hydroxylation is 1. The third kappa shape index (κ3) is 4.45. The zero-order valence-corrected chi connectivity index (χ0v) is 18.9. The van der Waals surface area contributed by atoms with Gasteiger partial charge >= 0.3 is 0 Å². The molecule has 2 aromatic rings. The Kier molecular flexibility index (Phi) is 6.29. The Hall–Kier alpha value is -2.84. The largest absolute Gasteiger partial charge is 0.493 e. The van der Waals surface area contributed by atoms with Crippen LogP contribution in [0.25, 0.3) is 6.08 Å². The summed E-state index contributed by atoms with van der Waals surface area (Å²) in [6.07, 6.45) is 3.68. The summed E-state index contributed by atoms with van der Waals surface area (Å²) in [5.41, 5.74) is 2.92. The molecule has 0 aliphatic carbocycles. The molecule has 0 bridgehead atoms. The first-order valence-corrected chi connectivity index (χ1v) is 11.1. The quantitative estimate of drug-likeness (QED) is 0.505. The van der Waals surface area contributed by atoms with Crippen molar-refractivity contribution in [3.8, 4) is 11.5 Å². The average molecular weight is 455 g/mol. The Bertz CT molecular complexity index is 1080. The van der Waals surface area contributed by atoms with Crippen molar-refractivity contribution in [2.45, 2.75) is 12.8 Å². The summed E-state index contributed by atoms with van der Waals surface area (Å²) in [6, 6.07) is 13.3. The number of anilines is 1. The highest BCUT2D eigenvalue weighted by Crippen LogP contribution is 2.34. The topological polar surface area (TPSA) is 59.1 Å². The van der Waals surface area contributed by atoms with E-state index < -0.39 is 0 Å². The van der Waals surface area contributed by atoms with E-state index in [0.717, 1.165) is 24.1 Å². The molecule has 160 valence electrons. The van der Waals surface area contributed by atoms with Crippen LogP contribution in [-0.4, -0.2) is 48.3 Å². The molecular weight excluding hydrogens is 432 g/mol. The van der Waals surface area contributed by atoms with Gasteiger partial charge in [-0.25, -0.2) is 0 Å². The van der Waals surface area contributed by atoms with Crippen LogP contribution in [0.3, 0.4) is 0 Å². The third-order valence-corrected chi connectivity index (χ3v) is 6.72. The molecule has 0 unspecified atom stereocenters. The van der Waals surface area contributed by atoms with Gasteiger partial charge in [0.05, 0.1) is 12.0 Å². The van der Waals surface area contributed by atoms with Gasteiger partial charge in [-0.05, 0) is 48.2 Å². The molecule has 2 amide bonds. The summed E-state index contributed by atoms with van der Waals surface area (Å²) in [5, 5.41) is 0. The number of likely N-dealkylation sites (N-methyl/N-ethyl adjacent to an activating group) is 1. The third-order valence-electron chi connectivity index (χ3n) is 5.23. The number of para-hydroxylation sites is 1. The SMILES string of the molecule is COc1cc(C=C2SC(=S)N(C)C2=O)ccc1OCC(=O)N1CCCc2ccccc21. The molecule has 0 N–H and O–H groups in total. The zero-order valence-electron chi connectivity index (χ0n) is 17.3. The van der Waals surface area contributed by atoms with Crippen LogP contribution in [0.15, 0.2) is 47.4 Å². The number of benzene rings is 2. The standard InChI is InChI=1S/C23H22N2O4S2/c1-24-22(27)20(31-23(24)30)13-15-9-10-18(19(12-15)28-2)29-14-21(26)25-11-5-7-16-6-3-4-8-17(16)25/h3-4,6,8-10,12-13H,5,7,11,14H2,1-2H3. The summed E-state index contributed by atoms with van der Waals surface area (Å²) in [7, 11) is 3.20. The minimum atomic E-state index is -0.123.